The molecule has 0 aromatic heterocycles. The van der Waals surface area contributed by atoms with Gasteiger partial charge in [0.25, 0.3) is 0 Å². The third kappa shape index (κ3) is 8.69. The Hall–Kier alpha value is -2.15. The molecule has 38 heavy (non-hydrogen) atoms. The van der Waals surface area contributed by atoms with E-state index in [1.54, 1.807) is 0 Å². The van der Waals surface area contributed by atoms with Crippen LogP contribution < -0.4 is 0 Å². The van der Waals surface area contributed by atoms with Gasteiger partial charge in [-0.15, -0.1) is 16.2 Å². The van der Waals surface area contributed by atoms with Crippen LogP contribution in [0.3, 0.4) is 0 Å². The summed E-state index contributed by atoms with van der Waals surface area (Å²) in [5, 5.41) is 10.1. The highest BCUT2D eigenvalue weighted by Crippen LogP contribution is 2.44. The summed E-state index contributed by atoms with van der Waals surface area (Å²) in [5.41, 5.74) is 14.0. The second kappa shape index (κ2) is 12.4. The fourth-order valence-corrected chi connectivity index (χ4v) is 5.71. The van der Waals surface area contributed by atoms with E-state index >= 15 is 0 Å². The zero-order chi connectivity index (χ0) is 29.1. The fourth-order valence-electron chi connectivity index (χ4n) is 4.51. The lowest BCUT2D eigenvalue weighted by Crippen LogP contribution is -2.27. The van der Waals surface area contributed by atoms with E-state index in [0.29, 0.717) is 23.7 Å². The molecule has 0 fully saturated rings. The van der Waals surface area contributed by atoms with E-state index in [9.17, 15) is 0 Å². The van der Waals surface area contributed by atoms with E-state index in [1.165, 1.54) is 22.3 Å². The van der Waals surface area contributed by atoms with Crippen LogP contribution in [0.4, 0.5) is 5.69 Å². The highest BCUT2D eigenvalue weighted by atomic mass is 28.3. The smallest absolute Gasteiger partial charge is 0.129 e. The van der Waals surface area contributed by atoms with Gasteiger partial charge in [-0.05, 0) is 52.0 Å². The molecule has 0 atom stereocenters. The molecule has 0 saturated carbocycles. The summed E-state index contributed by atoms with van der Waals surface area (Å²) in [5.74, 6) is 8.87. The van der Waals surface area contributed by atoms with Gasteiger partial charge in [-0.3, -0.25) is 0 Å². The van der Waals surface area contributed by atoms with Crippen LogP contribution in [0.5, 0.6) is 0 Å². The maximum Gasteiger partial charge on any atom is 0.129 e. The Balaban J connectivity index is 2.84. The zero-order valence-electron chi connectivity index (χ0n) is 26.7. The Morgan fingerprint density at radius 2 is 1.16 bits per heavy atom. The van der Waals surface area contributed by atoms with Crippen LogP contribution in [0.25, 0.3) is 0 Å². The minimum absolute atomic E-state index is 0.296. The molecule has 1 aromatic rings. The first-order valence-corrected chi connectivity index (χ1v) is 21.4. The first-order valence-electron chi connectivity index (χ1n) is 14.4. The molecule has 1 aliphatic carbocycles. The minimum atomic E-state index is -1.58. The van der Waals surface area contributed by atoms with Crippen molar-refractivity contribution >= 4 is 21.8 Å². The van der Waals surface area contributed by atoms with Crippen LogP contribution in [-0.4, -0.2) is 16.1 Å². The molecule has 0 unspecified atom stereocenters. The summed E-state index contributed by atoms with van der Waals surface area (Å²) in [6.45, 7) is 31.9. The van der Waals surface area contributed by atoms with Crippen LogP contribution in [0, 0.1) is 40.2 Å². The number of rotatable bonds is 6. The number of nitrogens with zero attached hydrogens (tertiary/aromatic N) is 2. The fraction of sp³-hybridized carbons (Fsp3) is 0.588. The molecular formula is C34H52N2Si2. The van der Waals surface area contributed by atoms with E-state index in [2.05, 4.69) is 142 Å². The van der Waals surface area contributed by atoms with Gasteiger partial charge in [0.2, 0.25) is 0 Å². The summed E-state index contributed by atoms with van der Waals surface area (Å²) in [7, 11) is -3.15. The van der Waals surface area contributed by atoms with Gasteiger partial charge in [0.1, 0.15) is 21.6 Å². The summed E-state index contributed by atoms with van der Waals surface area (Å²) < 4.78 is 0. The van der Waals surface area contributed by atoms with Crippen LogP contribution in [0.15, 0.2) is 51.3 Å². The van der Waals surface area contributed by atoms with Crippen molar-refractivity contribution in [2.24, 2.45) is 27.5 Å². The predicted octanol–water partition coefficient (Wildman–Crippen LogP) is 10.7. The maximum absolute atomic E-state index is 5.09. The number of azo groups is 1. The monoisotopic (exact) mass is 544 g/mol. The van der Waals surface area contributed by atoms with Crippen molar-refractivity contribution in [3.63, 3.8) is 0 Å². The molecule has 2 nitrogen and oxygen atoms in total. The molecule has 0 aliphatic heterocycles. The maximum atomic E-state index is 5.09. The van der Waals surface area contributed by atoms with Crippen molar-refractivity contribution in [3.05, 3.63) is 52.2 Å². The summed E-state index contributed by atoms with van der Waals surface area (Å²) in [4.78, 5) is 0. The van der Waals surface area contributed by atoms with E-state index in [0.717, 1.165) is 17.8 Å². The Labute approximate surface area is 236 Å². The number of hydrogen-bond acceptors (Lipinski definition) is 2. The molecule has 0 amide bonds. The molecule has 4 heteroatoms. The Morgan fingerprint density at radius 1 is 0.684 bits per heavy atom. The molecule has 0 spiro atoms. The van der Waals surface area contributed by atoms with Crippen molar-refractivity contribution in [3.8, 4) is 22.9 Å². The van der Waals surface area contributed by atoms with Gasteiger partial charge < -0.3 is 0 Å². The van der Waals surface area contributed by atoms with Crippen molar-refractivity contribution in [2.75, 3.05) is 0 Å². The van der Waals surface area contributed by atoms with Gasteiger partial charge in [-0.2, -0.15) is 5.11 Å². The average Bonchev–Trinajstić information content (AvgIpc) is 2.78. The van der Waals surface area contributed by atoms with Gasteiger partial charge >= 0.3 is 0 Å². The number of allylic oxidation sites excluding steroid dienone is 3. The molecule has 206 valence electrons. The van der Waals surface area contributed by atoms with Gasteiger partial charge in [-0.1, -0.05) is 125 Å². The van der Waals surface area contributed by atoms with Crippen LogP contribution in [-0.2, 0) is 0 Å². The standard InChI is InChI=1S/C34H52N2Si2/c1-24(2)28-16-15-17-29(25(3)4)32(28)35-36-33-30(26(5)6)22-34(18-20-37(9,10)11,19-21-38(12,13)14)23-31(33)27(7)8/h15-17,22,24-27H,23H2,1-14H3. The Kier molecular flexibility index (Phi) is 10.4. The molecule has 0 heterocycles. The normalized spacial score (nSPS) is 16.2. The Morgan fingerprint density at radius 3 is 1.53 bits per heavy atom. The van der Waals surface area contributed by atoms with Gasteiger partial charge in [0.05, 0.1) is 11.4 Å². The SMILES string of the molecule is CC(C)C1=CC(C#C[Si](C)(C)C)(C#C[Si](C)(C)C)CC(C(C)C)=C1N=Nc1c(C(C)C)cccc1C(C)C. The quantitative estimate of drug-likeness (QED) is 0.193. The highest BCUT2D eigenvalue weighted by Gasteiger charge is 2.35. The molecule has 1 aliphatic rings. The van der Waals surface area contributed by atoms with E-state index in [-0.39, 0.29) is 0 Å². The average molecular weight is 545 g/mol. The van der Waals surface area contributed by atoms with Crippen molar-refractivity contribution in [1.29, 1.82) is 0 Å². The van der Waals surface area contributed by atoms with Crippen LogP contribution in [0.1, 0.15) is 84.8 Å². The number of benzene rings is 1. The zero-order valence-corrected chi connectivity index (χ0v) is 28.7. The lowest BCUT2D eigenvalue weighted by atomic mass is 9.71. The molecule has 0 bridgehead atoms. The van der Waals surface area contributed by atoms with Gasteiger partial charge in [-0.25, -0.2) is 0 Å². The third-order valence-electron chi connectivity index (χ3n) is 6.68. The first-order chi connectivity index (χ1) is 17.4. The van der Waals surface area contributed by atoms with E-state index in [4.69, 9.17) is 10.2 Å². The van der Waals surface area contributed by atoms with Gasteiger partial charge in [0, 0.05) is 6.42 Å². The van der Waals surface area contributed by atoms with Crippen molar-refractivity contribution in [1.82, 2.24) is 0 Å². The largest absolute Gasteiger partial charge is 0.150 e. The van der Waals surface area contributed by atoms with Crippen LogP contribution in [0.2, 0.25) is 39.3 Å². The Bertz CT molecular complexity index is 1160. The van der Waals surface area contributed by atoms with Crippen molar-refractivity contribution in [2.45, 2.75) is 113 Å². The summed E-state index contributed by atoms with van der Waals surface area (Å²) >= 11 is 0. The second-order valence-corrected chi connectivity index (χ2v) is 23.7. The topological polar surface area (TPSA) is 24.7 Å². The first kappa shape index (κ1) is 32.1. The lowest BCUT2D eigenvalue weighted by Gasteiger charge is -2.32. The minimum Gasteiger partial charge on any atom is -0.150 e. The summed E-state index contributed by atoms with van der Waals surface area (Å²) in [6.07, 6.45) is 3.16. The molecule has 0 radical (unpaired) electrons. The second-order valence-electron chi connectivity index (χ2n) is 14.2. The molecule has 2 rings (SSSR count). The predicted molar refractivity (Wildman–Crippen MR) is 173 cm³/mol. The van der Waals surface area contributed by atoms with Gasteiger partial charge in [0.15, 0.2) is 0 Å². The summed E-state index contributed by atoms with van der Waals surface area (Å²) in [6, 6.07) is 6.56. The van der Waals surface area contributed by atoms with E-state index < -0.39 is 21.6 Å². The van der Waals surface area contributed by atoms with Crippen LogP contribution >= 0.6 is 0 Å². The molecular weight excluding hydrogens is 493 g/mol. The third-order valence-corrected chi connectivity index (χ3v) is 8.43. The molecule has 0 saturated heterocycles. The van der Waals surface area contributed by atoms with E-state index in [1.807, 2.05) is 0 Å². The molecule has 1 aromatic carbocycles. The lowest BCUT2D eigenvalue weighted by molar-refractivity contribution is 0.561. The highest BCUT2D eigenvalue weighted by molar-refractivity contribution is 6.84. The number of hydrogen-bond donors (Lipinski definition) is 0. The van der Waals surface area contributed by atoms with Crippen molar-refractivity contribution < 1.29 is 0 Å². The molecule has 0 N–H and O–H groups in total.